The Balaban J connectivity index is 3.57. The third-order valence-corrected chi connectivity index (χ3v) is 1.49. The van der Waals surface area contributed by atoms with Crippen LogP contribution < -0.4 is 0 Å². The highest BCUT2D eigenvalue weighted by molar-refractivity contribution is 4.95. The maximum Gasteiger partial charge on any atom is 0.0640 e. The Morgan fingerprint density at radius 1 is 1.50 bits per heavy atom. The molecule has 2 heteroatoms. The van der Waals surface area contributed by atoms with Crippen molar-refractivity contribution < 1.29 is 10.2 Å². The largest absolute Gasteiger partial charge is 0.393 e. The molecule has 1 atom stereocenters. The van der Waals surface area contributed by atoms with Crippen molar-refractivity contribution in [2.45, 2.75) is 26.4 Å². The van der Waals surface area contributed by atoms with Crippen molar-refractivity contribution in [1.82, 2.24) is 0 Å². The van der Waals surface area contributed by atoms with E-state index in [1.807, 2.05) is 13.8 Å². The lowest BCUT2D eigenvalue weighted by atomic mass is 10.0. The Labute approximate surface area is 62.2 Å². The van der Waals surface area contributed by atoms with E-state index in [1.165, 1.54) is 0 Å². The fourth-order valence-corrected chi connectivity index (χ4v) is 0.596. The van der Waals surface area contributed by atoms with Gasteiger partial charge in [-0.2, -0.15) is 0 Å². The minimum absolute atomic E-state index is 0.0240. The van der Waals surface area contributed by atoms with E-state index in [0.29, 0.717) is 12.0 Å². The summed E-state index contributed by atoms with van der Waals surface area (Å²) in [6.45, 7) is 7.44. The summed E-state index contributed by atoms with van der Waals surface area (Å²) < 4.78 is 0. The Morgan fingerprint density at radius 3 is 2.30 bits per heavy atom. The monoisotopic (exact) mass is 144 g/mol. The fraction of sp³-hybridized carbons (Fsp3) is 0.750. The van der Waals surface area contributed by atoms with Crippen LogP contribution in [0.3, 0.4) is 0 Å². The number of hydrogen-bond donors (Lipinski definition) is 2. The van der Waals surface area contributed by atoms with Crippen molar-refractivity contribution in [3.05, 3.63) is 12.2 Å². The summed E-state index contributed by atoms with van der Waals surface area (Å²) in [5, 5.41) is 17.8. The highest BCUT2D eigenvalue weighted by Gasteiger charge is 2.09. The van der Waals surface area contributed by atoms with Crippen LogP contribution in [-0.2, 0) is 0 Å². The van der Waals surface area contributed by atoms with Crippen LogP contribution in [0.4, 0.5) is 0 Å². The van der Waals surface area contributed by atoms with E-state index >= 15 is 0 Å². The zero-order valence-corrected chi connectivity index (χ0v) is 6.67. The van der Waals surface area contributed by atoms with Crippen molar-refractivity contribution in [3.63, 3.8) is 0 Å². The topological polar surface area (TPSA) is 40.5 Å². The molecule has 1 unspecified atom stereocenters. The molecule has 0 spiro atoms. The maximum absolute atomic E-state index is 9.26. The molecule has 0 rings (SSSR count). The van der Waals surface area contributed by atoms with Crippen LogP contribution in [0.25, 0.3) is 0 Å². The molecule has 0 aliphatic heterocycles. The van der Waals surface area contributed by atoms with Gasteiger partial charge in [-0.1, -0.05) is 20.4 Å². The Morgan fingerprint density at radius 2 is 2.00 bits per heavy atom. The average molecular weight is 144 g/mol. The molecule has 0 radical (unpaired) electrons. The van der Waals surface area contributed by atoms with Gasteiger partial charge in [-0.05, 0) is 17.9 Å². The molecule has 0 bridgehead atoms. The molecular weight excluding hydrogens is 128 g/mol. The molecular formula is C8H16O2. The second-order valence-electron chi connectivity index (χ2n) is 2.92. The van der Waals surface area contributed by atoms with Gasteiger partial charge in [-0.3, -0.25) is 0 Å². The smallest absolute Gasteiger partial charge is 0.0640 e. The molecule has 0 saturated carbocycles. The van der Waals surface area contributed by atoms with E-state index < -0.39 is 0 Å². The lowest BCUT2D eigenvalue weighted by molar-refractivity contribution is 0.122. The highest BCUT2D eigenvalue weighted by Crippen LogP contribution is 2.10. The zero-order valence-electron chi connectivity index (χ0n) is 6.67. The molecule has 0 aromatic rings. The molecule has 0 aliphatic carbocycles. The molecule has 2 nitrogen and oxygen atoms in total. The first kappa shape index (κ1) is 9.66. The second-order valence-corrected chi connectivity index (χ2v) is 2.92. The molecule has 60 valence electrons. The lowest BCUT2D eigenvalue weighted by Gasteiger charge is -2.14. The molecule has 2 N–H and O–H groups in total. The maximum atomic E-state index is 9.26. The van der Waals surface area contributed by atoms with Gasteiger partial charge in [-0.15, -0.1) is 0 Å². The molecule has 0 amide bonds. The van der Waals surface area contributed by atoms with E-state index in [4.69, 9.17) is 5.11 Å². The minimum atomic E-state index is -0.361. The summed E-state index contributed by atoms with van der Waals surface area (Å²) in [5.74, 6) is 0.239. The van der Waals surface area contributed by atoms with Crippen LogP contribution in [0.2, 0.25) is 0 Å². The number of aliphatic hydroxyl groups is 2. The summed E-state index contributed by atoms with van der Waals surface area (Å²) >= 11 is 0. The van der Waals surface area contributed by atoms with Crippen molar-refractivity contribution in [2.75, 3.05) is 6.61 Å². The molecule has 0 saturated heterocycles. The van der Waals surface area contributed by atoms with Gasteiger partial charge in [0.1, 0.15) is 0 Å². The molecule has 0 aromatic carbocycles. The van der Waals surface area contributed by atoms with Crippen molar-refractivity contribution in [2.24, 2.45) is 5.92 Å². The molecule has 0 aromatic heterocycles. The Bertz CT molecular complexity index is 108. The third-order valence-electron chi connectivity index (χ3n) is 1.49. The third kappa shape index (κ3) is 3.64. The van der Waals surface area contributed by atoms with Gasteiger partial charge in [0.05, 0.1) is 12.7 Å². The SMILES string of the molecule is C=C(CO)CC(O)C(C)C. The van der Waals surface area contributed by atoms with Gasteiger partial charge < -0.3 is 10.2 Å². The van der Waals surface area contributed by atoms with Crippen LogP contribution in [0.5, 0.6) is 0 Å². The van der Waals surface area contributed by atoms with Crippen LogP contribution >= 0.6 is 0 Å². The summed E-state index contributed by atoms with van der Waals surface area (Å²) in [6, 6.07) is 0. The van der Waals surface area contributed by atoms with Crippen molar-refractivity contribution >= 4 is 0 Å². The van der Waals surface area contributed by atoms with Crippen LogP contribution in [0.1, 0.15) is 20.3 Å². The van der Waals surface area contributed by atoms with E-state index in [0.717, 1.165) is 0 Å². The van der Waals surface area contributed by atoms with E-state index in [-0.39, 0.29) is 18.6 Å². The highest BCUT2D eigenvalue weighted by atomic mass is 16.3. The van der Waals surface area contributed by atoms with Crippen molar-refractivity contribution in [1.29, 1.82) is 0 Å². The quantitative estimate of drug-likeness (QED) is 0.576. The first-order chi connectivity index (χ1) is 4.57. The van der Waals surface area contributed by atoms with Crippen LogP contribution in [-0.4, -0.2) is 22.9 Å². The predicted octanol–water partition coefficient (Wildman–Crippen LogP) is 0.942. The second kappa shape index (κ2) is 4.47. The summed E-state index contributed by atoms with van der Waals surface area (Å²) in [7, 11) is 0. The number of rotatable bonds is 4. The number of hydrogen-bond acceptors (Lipinski definition) is 2. The van der Waals surface area contributed by atoms with Gasteiger partial charge in [0.15, 0.2) is 0 Å². The minimum Gasteiger partial charge on any atom is -0.393 e. The molecule has 0 fully saturated rings. The Hall–Kier alpha value is -0.340. The average Bonchev–Trinajstić information content (AvgIpc) is 1.87. The van der Waals surface area contributed by atoms with Gasteiger partial charge >= 0.3 is 0 Å². The fourth-order valence-electron chi connectivity index (χ4n) is 0.596. The summed E-state index contributed by atoms with van der Waals surface area (Å²) in [4.78, 5) is 0. The first-order valence-corrected chi connectivity index (χ1v) is 3.53. The standard InChI is InChI=1S/C8H16O2/c1-6(2)8(10)4-7(3)5-9/h6,8-10H,3-5H2,1-2H3. The van der Waals surface area contributed by atoms with Gasteiger partial charge in [0.2, 0.25) is 0 Å². The summed E-state index contributed by atoms with van der Waals surface area (Å²) in [5.41, 5.74) is 0.696. The Kier molecular flexibility index (Phi) is 4.32. The van der Waals surface area contributed by atoms with Crippen LogP contribution in [0, 0.1) is 5.92 Å². The predicted molar refractivity (Wildman–Crippen MR) is 41.7 cm³/mol. The first-order valence-electron chi connectivity index (χ1n) is 3.53. The number of aliphatic hydroxyl groups excluding tert-OH is 2. The van der Waals surface area contributed by atoms with Gasteiger partial charge in [0.25, 0.3) is 0 Å². The molecule has 10 heavy (non-hydrogen) atoms. The van der Waals surface area contributed by atoms with E-state index in [9.17, 15) is 5.11 Å². The normalized spacial score (nSPS) is 13.7. The zero-order chi connectivity index (χ0) is 8.15. The molecule has 0 heterocycles. The summed E-state index contributed by atoms with van der Waals surface area (Å²) in [6.07, 6.45) is 0.147. The lowest BCUT2D eigenvalue weighted by Crippen LogP contribution is -2.15. The van der Waals surface area contributed by atoms with Gasteiger partial charge in [0, 0.05) is 0 Å². The van der Waals surface area contributed by atoms with E-state index in [1.54, 1.807) is 0 Å². The van der Waals surface area contributed by atoms with E-state index in [2.05, 4.69) is 6.58 Å². The van der Waals surface area contributed by atoms with Crippen LogP contribution in [0.15, 0.2) is 12.2 Å². The van der Waals surface area contributed by atoms with Crippen molar-refractivity contribution in [3.8, 4) is 0 Å². The molecule has 0 aliphatic rings. The van der Waals surface area contributed by atoms with Gasteiger partial charge in [-0.25, -0.2) is 0 Å².